The van der Waals surface area contributed by atoms with E-state index in [0.29, 0.717) is 19.7 Å². The average Bonchev–Trinajstić information content (AvgIpc) is 3.16. The Balaban J connectivity index is 1.22. The van der Waals surface area contributed by atoms with Crippen molar-refractivity contribution in [3.8, 4) is 0 Å². The molecule has 0 radical (unpaired) electrons. The summed E-state index contributed by atoms with van der Waals surface area (Å²) in [5, 5.41) is 0. The van der Waals surface area contributed by atoms with Gasteiger partial charge in [-0.05, 0) is 61.4 Å². The van der Waals surface area contributed by atoms with E-state index in [1.807, 2.05) is 25.1 Å². The van der Waals surface area contributed by atoms with Crippen LogP contribution >= 0.6 is 0 Å². The standard InChI is InChI=1S/C26H32F2N4O2/c1-2-34-26(33)31-15-13-29(14-16-31)11-12-30-10-9-25-23(18-30)22-17-20(28)5-8-24(22)32(25)21-6-3-19(27)4-7-21/h3-8,17,23,25H,2,9-16,18H2,1H3/t23-,25+/m0/s1. The number of benzene rings is 2. The third kappa shape index (κ3) is 4.61. The first-order chi connectivity index (χ1) is 16.5. The molecule has 0 N–H and O–H groups in total. The van der Waals surface area contributed by atoms with Crippen LogP contribution in [0.15, 0.2) is 42.5 Å². The lowest BCUT2D eigenvalue weighted by atomic mass is 9.89. The fraction of sp³-hybridized carbons (Fsp3) is 0.500. The monoisotopic (exact) mass is 470 g/mol. The third-order valence-electron chi connectivity index (χ3n) is 7.38. The minimum Gasteiger partial charge on any atom is -0.450 e. The second-order valence-corrected chi connectivity index (χ2v) is 9.34. The molecule has 3 aliphatic rings. The number of carbonyl (C=O) groups is 1. The van der Waals surface area contributed by atoms with E-state index in [1.54, 1.807) is 11.0 Å². The van der Waals surface area contributed by atoms with Gasteiger partial charge in [-0.3, -0.25) is 4.90 Å². The van der Waals surface area contributed by atoms with Crippen LogP contribution in [0.2, 0.25) is 0 Å². The normalized spacial score (nSPS) is 23.0. The quantitative estimate of drug-likeness (QED) is 0.660. The number of halogens is 2. The maximum Gasteiger partial charge on any atom is 0.409 e. The number of ether oxygens (including phenoxy) is 1. The van der Waals surface area contributed by atoms with Gasteiger partial charge >= 0.3 is 6.09 Å². The highest BCUT2D eigenvalue weighted by atomic mass is 19.1. The van der Waals surface area contributed by atoms with E-state index in [0.717, 1.165) is 62.6 Å². The molecule has 8 heteroatoms. The summed E-state index contributed by atoms with van der Waals surface area (Å²) in [5.41, 5.74) is 3.02. The Morgan fingerprint density at radius 1 is 0.941 bits per heavy atom. The number of carbonyl (C=O) groups excluding carboxylic acids is 1. The van der Waals surface area contributed by atoms with Gasteiger partial charge in [0.1, 0.15) is 11.6 Å². The summed E-state index contributed by atoms with van der Waals surface area (Å²) < 4.78 is 32.8. The molecule has 0 unspecified atom stereocenters. The van der Waals surface area contributed by atoms with Crippen molar-refractivity contribution in [2.24, 2.45) is 0 Å². The van der Waals surface area contributed by atoms with Gasteiger partial charge in [0.05, 0.1) is 6.61 Å². The minimum atomic E-state index is -0.253. The number of hydrogen-bond donors (Lipinski definition) is 0. The Hall–Kier alpha value is -2.71. The SMILES string of the molecule is CCOC(=O)N1CCN(CCN2CC[C@@H]3[C@@H](C2)c2cc(F)ccc2N3c2ccc(F)cc2)CC1. The molecule has 2 fully saturated rings. The van der Waals surface area contributed by atoms with Gasteiger partial charge in [0.2, 0.25) is 0 Å². The number of piperidine rings is 1. The van der Waals surface area contributed by atoms with Crippen molar-refractivity contribution >= 4 is 17.5 Å². The predicted octanol–water partition coefficient (Wildman–Crippen LogP) is 4.05. The highest BCUT2D eigenvalue weighted by Crippen LogP contribution is 2.48. The van der Waals surface area contributed by atoms with Gasteiger partial charge in [0, 0.05) is 75.7 Å². The van der Waals surface area contributed by atoms with Crippen molar-refractivity contribution in [3.05, 3.63) is 59.7 Å². The zero-order chi connectivity index (χ0) is 23.7. The Morgan fingerprint density at radius 2 is 1.65 bits per heavy atom. The van der Waals surface area contributed by atoms with Crippen molar-refractivity contribution in [3.63, 3.8) is 0 Å². The summed E-state index contributed by atoms with van der Waals surface area (Å²) in [6, 6.07) is 11.9. The highest BCUT2D eigenvalue weighted by molar-refractivity contribution is 5.73. The van der Waals surface area contributed by atoms with Crippen LogP contribution in [0.3, 0.4) is 0 Å². The molecule has 182 valence electrons. The number of fused-ring (bicyclic) bond motifs is 3. The molecule has 1 amide bonds. The van der Waals surface area contributed by atoms with Crippen molar-refractivity contribution in [1.82, 2.24) is 14.7 Å². The van der Waals surface area contributed by atoms with E-state index in [1.165, 1.54) is 18.2 Å². The van der Waals surface area contributed by atoms with Gasteiger partial charge < -0.3 is 19.4 Å². The van der Waals surface area contributed by atoms with Crippen molar-refractivity contribution in [2.75, 3.05) is 63.9 Å². The van der Waals surface area contributed by atoms with Crippen LogP contribution < -0.4 is 4.90 Å². The van der Waals surface area contributed by atoms with E-state index in [9.17, 15) is 13.6 Å². The van der Waals surface area contributed by atoms with E-state index < -0.39 is 0 Å². The summed E-state index contributed by atoms with van der Waals surface area (Å²) >= 11 is 0. The van der Waals surface area contributed by atoms with Crippen LogP contribution in [0.4, 0.5) is 25.0 Å². The number of likely N-dealkylation sites (tertiary alicyclic amines) is 1. The second kappa shape index (κ2) is 9.88. The molecular formula is C26H32F2N4O2. The third-order valence-corrected chi connectivity index (χ3v) is 7.38. The summed E-state index contributed by atoms with van der Waals surface area (Å²) in [6.45, 7) is 9.08. The highest BCUT2D eigenvalue weighted by Gasteiger charge is 2.42. The largest absolute Gasteiger partial charge is 0.450 e. The lowest BCUT2D eigenvalue weighted by molar-refractivity contribution is 0.0745. The number of nitrogens with zero attached hydrogens (tertiary/aromatic N) is 4. The van der Waals surface area contributed by atoms with E-state index in [4.69, 9.17) is 4.74 Å². The molecular weight excluding hydrogens is 438 g/mol. The predicted molar refractivity (Wildman–Crippen MR) is 128 cm³/mol. The minimum absolute atomic E-state index is 0.213. The van der Waals surface area contributed by atoms with Gasteiger partial charge in [-0.1, -0.05) is 0 Å². The van der Waals surface area contributed by atoms with Gasteiger partial charge in [0.15, 0.2) is 0 Å². The first kappa shape index (κ1) is 23.1. The molecule has 0 aromatic heterocycles. The van der Waals surface area contributed by atoms with Crippen molar-refractivity contribution in [1.29, 1.82) is 0 Å². The maximum atomic E-state index is 14.2. The molecule has 2 atom stereocenters. The molecule has 3 heterocycles. The molecule has 0 bridgehead atoms. The first-order valence-electron chi connectivity index (χ1n) is 12.2. The van der Waals surface area contributed by atoms with Crippen molar-refractivity contribution < 1.29 is 18.3 Å². The Labute approximate surface area is 199 Å². The van der Waals surface area contributed by atoms with Gasteiger partial charge in [-0.15, -0.1) is 0 Å². The molecule has 0 spiro atoms. The summed E-state index contributed by atoms with van der Waals surface area (Å²) in [6.07, 6.45) is 0.747. The smallest absolute Gasteiger partial charge is 0.409 e. The molecule has 6 nitrogen and oxygen atoms in total. The molecule has 34 heavy (non-hydrogen) atoms. The topological polar surface area (TPSA) is 39.3 Å². The zero-order valence-electron chi connectivity index (χ0n) is 19.6. The van der Waals surface area contributed by atoms with Gasteiger partial charge in [-0.25, -0.2) is 13.6 Å². The average molecular weight is 471 g/mol. The Kier molecular flexibility index (Phi) is 6.70. The van der Waals surface area contributed by atoms with Crippen LogP contribution in [0, 0.1) is 11.6 Å². The number of anilines is 2. The first-order valence-corrected chi connectivity index (χ1v) is 12.2. The van der Waals surface area contributed by atoms with Crippen LogP contribution in [-0.4, -0.2) is 85.8 Å². The molecule has 2 aromatic carbocycles. The summed E-state index contributed by atoms with van der Waals surface area (Å²) in [4.78, 5) is 20.8. The van der Waals surface area contributed by atoms with Crippen LogP contribution in [0.1, 0.15) is 24.8 Å². The number of amides is 1. The van der Waals surface area contributed by atoms with Crippen LogP contribution in [0.5, 0.6) is 0 Å². The van der Waals surface area contributed by atoms with Crippen molar-refractivity contribution in [2.45, 2.75) is 25.3 Å². The number of rotatable bonds is 5. The molecule has 2 aromatic rings. The summed E-state index contributed by atoms with van der Waals surface area (Å²) in [5.74, 6) is -0.253. The van der Waals surface area contributed by atoms with Gasteiger partial charge in [-0.2, -0.15) is 0 Å². The number of hydrogen-bond acceptors (Lipinski definition) is 5. The van der Waals surface area contributed by atoms with E-state index >= 15 is 0 Å². The molecule has 0 aliphatic carbocycles. The van der Waals surface area contributed by atoms with Gasteiger partial charge in [0.25, 0.3) is 0 Å². The fourth-order valence-electron chi connectivity index (χ4n) is 5.63. The van der Waals surface area contributed by atoms with Crippen LogP contribution in [-0.2, 0) is 4.74 Å². The fourth-order valence-corrected chi connectivity index (χ4v) is 5.63. The lowest BCUT2D eigenvalue weighted by Gasteiger charge is -2.40. The number of piperazine rings is 1. The van der Waals surface area contributed by atoms with E-state index in [2.05, 4.69) is 14.7 Å². The Bertz CT molecular complexity index is 1010. The molecule has 2 saturated heterocycles. The Morgan fingerprint density at radius 3 is 2.38 bits per heavy atom. The summed E-state index contributed by atoms with van der Waals surface area (Å²) in [7, 11) is 0. The lowest BCUT2D eigenvalue weighted by Crippen LogP contribution is -2.51. The molecule has 3 aliphatic heterocycles. The van der Waals surface area contributed by atoms with Crippen LogP contribution in [0.25, 0.3) is 0 Å². The maximum absolute atomic E-state index is 14.2. The zero-order valence-corrected chi connectivity index (χ0v) is 19.6. The second-order valence-electron chi connectivity index (χ2n) is 9.34. The molecule has 5 rings (SSSR count). The van der Waals surface area contributed by atoms with E-state index in [-0.39, 0.29) is 29.7 Å². The molecule has 0 saturated carbocycles.